The maximum absolute atomic E-state index is 15.8. The number of H-pyrrole nitrogens is 1. The summed E-state index contributed by atoms with van der Waals surface area (Å²) in [6.45, 7) is -4.96. The lowest BCUT2D eigenvalue weighted by Gasteiger charge is -2.26. The molecule has 0 spiro atoms. The molecule has 7 heterocycles. The third kappa shape index (κ3) is 5.75. The van der Waals surface area contributed by atoms with Gasteiger partial charge in [-0.2, -0.15) is 4.98 Å². The summed E-state index contributed by atoms with van der Waals surface area (Å²) in [4.78, 5) is 48.4. The third-order valence-electron chi connectivity index (χ3n) is 7.73. The zero-order valence-corrected chi connectivity index (χ0v) is 25.9. The van der Waals surface area contributed by atoms with E-state index in [0.29, 0.717) is 0 Å². The van der Waals surface area contributed by atoms with Gasteiger partial charge in [-0.3, -0.25) is 23.4 Å². The quantitative estimate of drug-likeness (QED) is 0.184. The van der Waals surface area contributed by atoms with Gasteiger partial charge in [0.1, 0.15) is 36.5 Å². The lowest BCUT2D eigenvalue weighted by atomic mass is 10.1. The van der Waals surface area contributed by atoms with E-state index in [1.165, 1.54) is 16.8 Å². The molecule has 0 amide bonds. The van der Waals surface area contributed by atoms with E-state index in [-0.39, 0.29) is 40.3 Å². The number of aromatic amines is 1. The van der Waals surface area contributed by atoms with Crippen molar-refractivity contribution in [2.24, 2.45) is 0 Å². The molecule has 46 heavy (non-hydrogen) atoms. The lowest BCUT2D eigenvalue weighted by molar-refractivity contribution is -0.0617. The number of phosphoric acid groups is 1. The molecule has 9 atom stereocenters. The number of pyridine rings is 1. The van der Waals surface area contributed by atoms with Gasteiger partial charge in [-0.25, -0.2) is 23.3 Å². The Labute approximate surface area is 261 Å². The third-order valence-corrected chi connectivity index (χ3v) is 10.4. The van der Waals surface area contributed by atoms with E-state index in [1.54, 1.807) is 0 Å². The molecule has 4 aromatic rings. The highest BCUT2D eigenvalue weighted by Crippen LogP contribution is 2.52. The first-order chi connectivity index (χ1) is 21.8. The molecule has 2 unspecified atom stereocenters. The molecule has 3 aliphatic heterocycles. The first-order valence-electron chi connectivity index (χ1n) is 13.6. The van der Waals surface area contributed by atoms with Gasteiger partial charge < -0.3 is 44.6 Å². The zero-order chi connectivity index (χ0) is 32.5. The normalized spacial score (nSPS) is 35.8. The standard InChI is InChI=1S/C23H26F2N8O10P2S/c24-9-4-32(19-15(9)10(26)1-2-28-19)14-3-11-12(41-14)5-40-45(36,37)43-18-16(25)13(6-39-44(35,46)8-38-11)42-22(18)33-7-29-17-20(33)30-23(27)31-21(17)34/h1-2,4,7,11-14,16,18,22H,3,5-6,8H2,(H2,26,28)(H,35,46)(H,36,37)(H3,27,30,31,34)/t11-,12+,13+,14+,16+,18+,22+,44?/m0/s1. The minimum Gasteiger partial charge on any atom is -0.398 e. The lowest BCUT2D eigenvalue weighted by Crippen LogP contribution is -2.34. The number of imidazole rings is 1. The average molecular weight is 707 g/mol. The fourth-order valence-electron chi connectivity index (χ4n) is 5.63. The second-order valence-corrected chi connectivity index (χ2v) is 15.6. The molecular weight excluding hydrogens is 680 g/mol. The molecule has 18 nitrogen and oxygen atoms in total. The van der Waals surface area contributed by atoms with Gasteiger partial charge in [0.2, 0.25) is 12.4 Å². The minimum absolute atomic E-state index is 0.0472. The number of nitrogens with zero attached hydrogens (tertiary/aromatic N) is 5. The van der Waals surface area contributed by atoms with Crippen LogP contribution < -0.4 is 17.0 Å². The van der Waals surface area contributed by atoms with E-state index in [0.717, 1.165) is 17.1 Å². The van der Waals surface area contributed by atoms with Gasteiger partial charge in [0.25, 0.3) is 5.56 Å². The Bertz CT molecular complexity index is 1980. The van der Waals surface area contributed by atoms with Crippen molar-refractivity contribution >= 4 is 60.0 Å². The molecule has 3 aliphatic rings. The van der Waals surface area contributed by atoms with Gasteiger partial charge in [0.05, 0.1) is 31.0 Å². The first-order valence-corrected chi connectivity index (χ1v) is 18.0. The summed E-state index contributed by atoms with van der Waals surface area (Å²) in [7, 11) is -5.08. The number of hydrogen-bond donors (Lipinski definition) is 5. The number of halogens is 2. The number of anilines is 2. The van der Waals surface area contributed by atoms with E-state index in [9.17, 15) is 23.5 Å². The van der Waals surface area contributed by atoms with Crippen molar-refractivity contribution in [1.29, 1.82) is 0 Å². The van der Waals surface area contributed by atoms with Crippen LogP contribution in [0.25, 0.3) is 22.2 Å². The minimum atomic E-state index is -5.08. The van der Waals surface area contributed by atoms with Gasteiger partial charge >= 0.3 is 7.82 Å². The Morgan fingerprint density at radius 3 is 2.67 bits per heavy atom. The monoisotopic (exact) mass is 706 g/mol. The molecule has 23 heteroatoms. The summed E-state index contributed by atoms with van der Waals surface area (Å²) < 4.78 is 80.0. The summed E-state index contributed by atoms with van der Waals surface area (Å²) in [6.07, 6.45) is -6.71. The Morgan fingerprint density at radius 1 is 1.09 bits per heavy atom. The molecule has 2 bridgehead atoms. The van der Waals surface area contributed by atoms with Crippen LogP contribution in [0.15, 0.2) is 29.6 Å². The Kier molecular flexibility index (Phi) is 8.01. The molecule has 0 aromatic carbocycles. The highest BCUT2D eigenvalue weighted by atomic mass is 32.5. The fraction of sp³-hybridized carbons (Fsp3) is 0.478. The van der Waals surface area contributed by atoms with Gasteiger partial charge in [0, 0.05) is 24.5 Å². The molecule has 0 radical (unpaired) electrons. The number of hydrogen-bond acceptors (Lipinski definition) is 14. The van der Waals surface area contributed by atoms with Crippen LogP contribution in [0.3, 0.4) is 0 Å². The number of ether oxygens (including phenoxy) is 3. The molecule has 3 saturated heterocycles. The van der Waals surface area contributed by atoms with E-state index >= 15 is 4.39 Å². The van der Waals surface area contributed by atoms with Crippen LogP contribution in [-0.4, -0.2) is 89.0 Å². The van der Waals surface area contributed by atoms with Crippen LogP contribution in [0.2, 0.25) is 0 Å². The highest BCUT2D eigenvalue weighted by Gasteiger charge is 2.52. The van der Waals surface area contributed by atoms with Crippen molar-refractivity contribution in [1.82, 2.24) is 29.1 Å². The highest BCUT2D eigenvalue weighted by molar-refractivity contribution is 8.09. The average Bonchev–Trinajstić information content (AvgIpc) is 3.74. The van der Waals surface area contributed by atoms with E-state index in [1.807, 2.05) is 0 Å². The fourth-order valence-corrected chi connectivity index (χ4v) is 7.76. The second-order valence-electron chi connectivity index (χ2n) is 10.7. The van der Waals surface area contributed by atoms with Gasteiger partial charge in [-0.1, -0.05) is 0 Å². The van der Waals surface area contributed by atoms with Crippen LogP contribution in [0, 0.1) is 5.82 Å². The van der Waals surface area contributed by atoms with Gasteiger partial charge in [-0.05, 0) is 17.9 Å². The Balaban J connectivity index is 1.19. The zero-order valence-electron chi connectivity index (χ0n) is 23.3. The summed E-state index contributed by atoms with van der Waals surface area (Å²) in [5.74, 6) is -0.922. The van der Waals surface area contributed by atoms with E-state index < -0.39 is 88.3 Å². The number of fused-ring (bicyclic) bond motifs is 5. The summed E-state index contributed by atoms with van der Waals surface area (Å²) >= 11 is 5.24. The van der Waals surface area contributed by atoms with E-state index in [4.69, 9.17) is 51.1 Å². The van der Waals surface area contributed by atoms with Crippen molar-refractivity contribution in [3.63, 3.8) is 0 Å². The SMILES string of the molecule is Nc1nc2c(ncn2[C@@H]2O[C@@H]3COP(O)(=S)CO[C@H]4C[C@H](n5cc(F)c6c(N)ccnc65)O[C@@H]4COP(=O)(O)O[C@@H]2[C@@H]3F)c(=O)[nH]1. The number of alkyl halides is 1. The van der Waals surface area contributed by atoms with Crippen molar-refractivity contribution in [3.05, 3.63) is 41.0 Å². The summed E-state index contributed by atoms with van der Waals surface area (Å²) in [5.41, 5.74) is 11.0. The Morgan fingerprint density at radius 2 is 1.87 bits per heavy atom. The van der Waals surface area contributed by atoms with Crippen LogP contribution in [-0.2, 0) is 44.2 Å². The topological polar surface area (TPSA) is 246 Å². The molecule has 7 rings (SSSR count). The Hall–Kier alpha value is -2.94. The van der Waals surface area contributed by atoms with Crippen LogP contribution >= 0.6 is 14.3 Å². The maximum Gasteiger partial charge on any atom is 0.472 e. The van der Waals surface area contributed by atoms with Crippen molar-refractivity contribution < 1.29 is 50.9 Å². The molecule has 0 aliphatic carbocycles. The second kappa shape index (κ2) is 11.6. The molecule has 0 saturated carbocycles. The number of nitrogen functional groups attached to an aromatic ring is 2. The summed E-state index contributed by atoms with van der Waals surface area (Å²) in [6, 6.07) is 1.44. The van der Waals surface area contributed by atoms with Crippen molar-refractivity contribution in [3.8, 4) is 0 Å². The van der Waals surface area contributed by atoms with Crippen molar-refractivity contribution in [2.45, 2.75) is 49.5 Å². The predicted octanol–water partition coefficient (Wildman–Crippen LogP) is 1.17. The van der Waals surface area contributed by atoms with Crippen LogP contribution in [0.5, 0.6) is 0 Å². The van der Waals surface area contributed by atoms with E-state index in [2.05, 4.69) is 19.9 Å². The summed E-state index contributed by atoms with van der Waals surface area (Å²) in [5, 5.41) is 0.0787. The smallest absolute Gasteiger partial charge is 0.398 e. The maximum atomic E-state index is 15.8. The number of phosphoric ester groups is 1. The number of rotatable bonds is 2. The predicted molar refractivity (Wildman–Crippen MR) is 157 cm³/mol. The van der Waals surface area contributed by atoms with Crippen LogP contribution in [0.4, 0.5) is 20.4 Å². The molecule has 3 fully saturated rings. The molecule has 7 N–H and O–H groups in total. The first kappa shape index (κ1) is 31.6. The largest absolute Gasteiger partial charge is 0.472 e. The van der Waals surface area contributed by atoms with Gasteiger partial charge in [0.15, 0.2) is 29.4 Å². The van der Waals surface area contributed by atoms with Crippen LogP contribution in [0.1, 0.15) is 18.9 Å². The number of nitrogens with one attached hydrogen (secondary N) is 1. The van der Waals surface area contributed by atoms with Crippen molar-refractivity contribution in [2.75, 3.05) is 31.0 Å². The van der Waals surface area contributed by atoms with Gasteiger partial charge in [-0.15, -0.1) is 0 Å². The molecule has 4 aromatic heterocycles. The molecule has 248 valence electrons. The number of aromatic nitrogens is 6. The molecular formula is C23H26F2N8O10P2S. The number of nitrogens with two attached hydrogens (primary N) is 2.